The maximum Gasteiger partial charge on any atom is 0.232 e. The summed E-state index contributed by atoms with van der Waals surface area (Å²) in [6.45, 7) is 0. The van der Waals surface area contributed by atoms with Gasteiger partial charge < -0.3 is 11.1 Å². The minimum absolute atomic E-state index is 0.0402. The van der Waals surface area contributed by atoms with Crippen LogP contribution in [0, 0.1) is 0 Å². The highest BCUT2D eigenvalue weighted by atomic mass is 79.9. The van der Waals surface area contributed by atoms with Crippen molar-refractivity contribution in [3.63, 3.8) is 0 Å². The van der Waals surface area contributed by atoms with Gasteiger partial charge in [-0.15, -0.1) is 11.3 Å². The first kappa shape index (κ1) is 13.6. The van der Waals surface area contributed by atoms with Gasteiger partial charge in [-0.25, -0.2) is 0 Å². The summed E-state index contributed by atoms with van der Waals surface area (Å²) < 4.78 is 0.908. The van der Waals surface area contributed by atoms with Crippen molar-refractivity contribution < 1.29 is 4.79 Å². The van der Waals surface area contributed by atoms with E-state index in [4.69, 9.17) is 5.73 Å². The molecule has 1 aromatic carbocycles. The number of hydrogen-bond donors (Lipinski definition) is 2. The van der Waals surface area contributed by atoms with Crippen LogP contribution in [0.5, 0.6) is 0 Å². The number of nitrogen functional groups attached to an aromatic ring is 1. The molecule has 1 unspecified atom stereocenters. The molecule has 20 heavy (non-hydrogen) atoms. The Balaban J connectivity index is 1.81. The lowest BCUT2D eigenvalue weighted by atomic mass is 9.87. The smallest absolute Gasteiger partial charge is 0.232 e. The first-order valence-corrected chi connectivity index (χ1v) is 8.24. The molecule has 0 aliphatic heterocycles. The molecule has 1 heterocycles. The fourth-order valence-electron chi connectivity index (χ4n) is 2.63. The highest BCUT2D eigenvalue weighted by Crippen LogP contribution is 2.36. The maximum absolute atomic E-state index is 12.5. The van der Waals surface area contributed by atoms with Crippen LogP contribution in [0.15, 0.2) is 34.1 Å². The number of aryl methyl sites for hydroxylation is 1. The lowest BCUT2D eigenvalue weighted by Crippen LogP contribution is -2.24. The number of halogens is 1. The molecule has 0 bridgehead atoms. The number of nitrogens with two attached hydrogens (primary N) is 1. The van der Waals surface area contributed by atoms with E-state index in [1.54, 1.807) is 17.4 Å². The van der Waals surface area contributed by atoms with E-state index in [-0.39, 0.29) is 11.8 Å². The van der Waals surface area contributed by atoms with Crippen LogP contribution in [-0.4, -0.2) is 5.91 Å². The highest BCUT2D eigenvalue weighted by molar-refractivity contribution is 9.10. The molecular weight excluding hydrogens is 336 g/mol. The van der Waals surface area contributed by atoms with E-state index in [1.165, 1.54) is 10.4 Å². The SMILES string of the molecule is Nc1cc(Br)ccc1NC(=O)C1CCCc2sccc21. The summed E-state index contributed by atoms with van der Waals surface area (Å²) in [6.07, 6.45) is 3.07. The summed E-state index contributed by atoms with van der Waals surface area (Å²) >= 11 is 5.11. The third-order valence-electron chi connectivity index (χ3n) is 3.64. The lowest BCUT2D eigenvalue weighted by molar-refractivity contribution is -0.117. The molecule has 5 heteroatoms. The van der Waals surface area contributed by atoms with Gasteiger partial charge in [0.05, 0.1) is 17.3 Å². The average molecular weight is 351 g/mol. The van der Waals surface area contributed by atoms with Crippen molar-refractivity contribution in [2.75, 3.05) is 11.1 Å². The van der Waals surface area contributed by atoms with Crippen molar-refractivity contribution in [3.8, 4) is 0 Å². The van der Waals surface area contributed by atoms with E-state index >= 15 is 0 Å². The average Bonchev–Trinajstić information content (AvgIpc) is 2.90. The Hall–Kier alpha value is -1.33. The van der Waals surface area contributed by atoms with Crippen LogP contribution in [0.3, 0.4) is 0 Å². The number of anilines is 2. The first-order valence-electron chi connectivity index (χ1n) is 6.57. The van der Waals surface area contributed by atoms with E-state index in [1.807, 2.05) is 12.1 Å². The molecule has 0 saturated carbocycles. The molecule has 3 rings (SSSR count). The Bertz CT molecular complexity index is 653. The third kappa shape index (κ3) is 2.60. The quantitative estimate of drug-likeness (QED) is 0.799. The molecule has 0 saturated heterocycles. The Kier molecular flexibility index (Phi) is 3.81. The van der Waals surface area contributed by atoms with Gasteiger partial charge in [-0.05, 0) is 54.5 Å². The second kappa shape index (κ2) is 5.58. The number of thiophene rings is 1. The number of fused-ring (bicyclic) bond motifs is 1. The first-order chi connectivity index (χ1) is 9.65. The van der Waals surface area contributed by atoms with Crippen molar-refractivity contribution in [2.24, 2.45) is 0 Å². The molecule has 3 N–H and O–H groups in total. The van der Waals surface area contributed by atoms with E-state index < -0.39 is 0 Å². The van der Waals surface area contributed by atoms with Crippen LogP contribution in [-0.2, 0) is 11.2 Å². The predicted molar refractivity (Wildman–Crippen MR) is 87.2 cm³/mol. The summed E-state index contributed by atoms with van der Waals surface area (Å²) in [4.78, 5) is 13.8. The fraction of sp³-hybridized carbons (Fsp3) is 0.267. The maximum atomic E-state index is 12.5. The van der Waals surface area contributed by atoms with E-state index in [9.17, 15) is 4.79 Å². The van der Waals surface area contributed by atoms with Crippen molar-refractivity contribution in [1.82, 2.24) is 0 Å². The van der Waals surface area contributed by atoms with Gasteiger partial charge in [0, 0.05) is 9.35 Å². The van der Waals surface area contributed by atoms with Crippen molar-refractivity contribution in [3.05, 3.63) is 44.6 Å². The minimum atomic E-state index is -0.0481. The van der Waals surface area contributed by atoms with Crippen LogP contribution in [0.1, 0.15) is 29.2 Å². The van der Waals surface area contributed by atoms with Crippen LogP contribution >= 0.6 is 27.3 Å². The number of rotatable bonds is 2. The molecule has 1 amide bonds. The summed E-state index contributed by atoms with van der Waals surface area (Å²) in [5, 5.41) is 5.03. The molecule has 0 spiro atoms. The standard InChI is InChI=1S/C15H15BrN2OS/c16-9-4-5-13(12(17)8-9)18-15(19)11-2-1-3-14-10(11)6-7-20-14/h4-8,11H,1-3,17H2,(H,18,19). The predicted octanol–water partition coefficient (Wildman–Crippen LogP) is 4.15. The molecule has 0 radical (unpaired) electrons. The van der Waals surface area contributed by atoms with Crippen LogP contribution < -0.4 is 11.1 Å². The van der Waals surface area contributed by atoms with Gasteiger partial charge >= 0.3 is 0 Å². The summed E-state index contributed by atoms with van der Waals surface area (Å²) in [6, 6.07) is 7.58. The molecule has 2 aromatic rings. The van der Waals surface area contributed by atoms with Gasteiger partial charge in [0.1, 0.15) is 0 Å². The minimum Gasteiger partial charge on any atom is -0.397 e. The third-order valence-corrected chi connectivity index (χ3v) is 5.13. The molecule has 1 aliphatic carbocycles. The van der Waals surface area contributed by atoms with Gasteiger partial charge in [0.2, 0.25) is 5.91 Å². The summed E-state index contributed by atoms with van der Waals surface area (Å²) in [5.74, 6) is -0.00795. The number of benzene rings is 1. The molecule has 104 valence electrons. The molecular formula is C15H15BrN2OS. The largest absolute Gasteiger partial charge is 0.397 e. The molecule has 0 fully saturated rings. The second-order valence-electron chi connectivity index (χ2n) is 4.96. The highest BCUT2D eigenvalue weighted by Gasteiger charge is 2.27. The zero-order chi connectivity index (χ0) is 14.1. The van der Waals surface area contributed by atoms with Crippen LogP contribution in [0.2, 0.25) is 0 Å². The zero-order valence-electron chi connectivity index (χ0n) is 10.9. The van der Waals surface area contributed by atoms with Crippen molar-refractivity contribution >= 4 is 44.5 Å². The van der Waals surface area contributed by atoms with Gasteiger partial charge in [0.25, 0.3) is 0 Å². The number of nitrogens with one attached hydrogen (secondary N) is 1. The molecule has 3 nitrogen and oxygen atoms in total. The Morgan fingerprint density at radius 3 is 3.05 bits per heavy atom. The number of hydrogen-bond acceptors (Lipinski definition) is 3. The topological polar surface area (TPSA) is 55.1 Å². The van der Waals surface area contributed by atoms with Crippen LogP contribution in [0.4, 0.5) is 11.4 Å². The van der Waals surface area contributed by atoms with E-state index in [0.717, 1.165) is 23.7 Å². The fourth-order valence-corrected chi connectivity index (χ4v) is 3.99. The molecule has 1 atom stereocenters. The number of carbonyl (C=O) groups is 1. The molecule has 1 aromatic heterocycles. The van der Waals surface area contributed by atoms with Crippen molar-refractivity contribution in [1.29, 1.82) is 0 Å². The Morgan fingerprint density at radius 1 is 1.40 bits per heavy atom. The monoisotopic (exact) mass is 350 g/mol. The Labute approximate surface area is 130 Å². The molecule has 1 aliphatic rings. The summed E-state index contributed by atoms with van der Waals surface area (Å²) in [7, 11) is 0. The zero-order valence-corrected chi connectivity index (χ0v) is 13.3. The summed E-state index contributed by atoms with van der Waals surface area (Å²) in [5.41, 5.74) is 8.38. The second-order valence-corrected chi connectivity index (χ2v) is 6.88. The van der Waals surface area contributed by atoms with Gasteiger partial charge in [0.15, 0.2) is 0 Å². The van der Waals surface area contributed by atoms with Crippen LogP contribution in [0.25, 0.3) is 0 Å². The number of amides is 1. The van der Waals surface area contributed by atoms with Gasteiger partial charge in [-0.1, -0.05) is 15.9 Å². The van der Waals surface area contributed by atoms with Gasteiger partial charge in [-0.3, -0.25) is 4.79 Å². The van der Waals surface area contributed by atoms with E-state index in [2.05, 4.69) is 32.7 Å². The number of carbonyl (C=O) groups excluding carboxylic acids is 1. The normalized spacial score (nSPS) is 17.6. The van der Waals surface area contributed by atoms with Crippen molar-refractivity contribution in [2.45, 2.75) is 25.2 Å². The Morgan fingerprint density at radius 2 is 2.25 bits per heavy atom. The van der Waals surface area contributed by atoms with Gasteiger partial charge in [-0.2, -0.15) is 0 Å². The lowest BCUT2D eigenvalue weighted by Gasteiger charge is -2.22. The van der Waals surface area contributed by atoms with E-state index in [0.29, 0.717) is 11.4 Å².